The Bertz CT molecular complexity index is 257. The van der Waals surface area contributed by atoms with Gasteiger partial charge in [0, 0.05) is 6.26 Å². The Morgan fingerprint density at radius 3 is 2.22 bits per heavy atom. The molecule has 0 aliphatic heterocycles. The van der Waals surface area contributed by atoms with Crippen molar-refractivity contribution >= 4 is 22.5 Å². The molecule has 0 radical (unpaired) electrons. The molecule has 0 amide bonds. The van der Waals surface area contributed by atoms with E-state index in [-0.39, 0.29) is 4.91 Å². The molecule has 0 aromatic rings. The van der Waals surface area contributed by atoms with Crippen molar-refractivity contribution in [3.63, 3.8) is 0 Å². The van der Waals surface area contributed by atoms with Gasteiger partial charge in [-0.05, 0) is 5.41 Å². The van der Waals surface area contributed by atoms with Gasteiger partial charge in [0.25, 0.3) is 0 Å². The summed E-state index contributed by atoms with van der Waals surface area (Å²) in [5.41, 5.74) is 0. The van der Waals surface area contributed by atoms with Crippen molar-refractivity contribution in [2.45, 2.75) is 0 Å². The van der Waals surface area contributed by atoms with Gasteiger partial charge in [-0.25, -0.2) is 8.42 Å². The molecule has 0 aromatic carbocycles. The van der Waals surface area contributed by atoms with E-state index in [0.717, 1.165) is 11.7 Å². The van der Waals surface area contributed by atoms with Crippen molar-refractivity contribution in [2.75, 3.05) is 6.26 Å². The number of hydrogen-bond acceptors (Lipinski definition) is 4. The van der Waals surface area contributed by atoms with E-state index in [4.69, 9.17) is 5.26 Å². The summed E-state index contributed by atoms with van der Waals surface area (Å²) in [6.45, 7) is 0. The highest BCUT2D eigenvalue weighted by atomic mass is 32.2. The van der Waals surface area contributed by atoms with E-state index in [0.29, 0.717) is 0 Å². The molecule has 3 nitrogen and oxygen atoms in total. The van der Waals surface area contributed by atoms with Gasteiger partial charge in [0.15, 0.2) is 9.84 Å². The Balaban J connectivity index is 4.85. The first kappa shape index (κ1) is 8.53. The first-order valence-corrected chi connectivity index (χ1v) is 4.37. The standard InChI is InChI=1S/C4H5NO2S2/c1-9(6,7)4(2-5)3-8/h3,8H,1H3. The summed E-state index contributed by atoms with van der Waals surface area (Å²) in [7, 11) is -3.34. The topological polar surface area (TPSA) is 57.9 Å². The lowest BCUT2D eigenvalue weighted by atomic mass is 10.7. The van der Waals surface area contributed by atoms with Crippen LogP contribution < -0.4 is 0 Å². The molecule has 0 heterocycles. The third-order valence-corrected chi connectivity index (χ3v) is 2.07. The number of allylic oxidation sites excluding steroid dienone is 1. The SMILES string of the molecule is CS(=O)(=O)C(C#N)=CS. The van der Waals surface area contributed by atoms with Crippen molar-refractivity contribution in [3.05, 3.63) is 10.3 Å². The lowest BCUT2D eigenvalue weighted by molar-refractivity contribution is 0.608. The van der Waals surface area contributed by atoms with Gasteiger partial charge in [-0.15, -0.1) is 12.6 Å². The van der Waals surface area contributed by atoms with Crippen LogP contribution in [0, 0.1) is 11.3 Å². The second kappa shape index (κ2) is 2.90. The molecule has 0 bridgehead atoms. The molecule has 0 aromatic heterocycles. The van der Waals surface area contributed by atoms with Gasteiger partial charge in [0.05, 0.1) is 0 Å². The average Bonchev–Trinajstić information content (AvgIpc) is 1.65. The highest BCUT2D eigenvalue weighted by Crippen LogP contribution is 2.02. The third kappa shape index (κ3) is 2.54. The van der Waals surface area contributed by atoms with Crippen LogP contribution >= 0.6 is 12.6 Å². The van der Waals surface area contributed by atoms with E-state index in [9.17, 15) is 8.42 Å². The largest absolute Gasteiger partial charge is 0.223 e. The minimum Gasteiger partial charge on any atom is -0.223 e. The predicted octanol–water partition coefficient (Wildman–Crippen LogP) is 0.326. The van der Waals surface area contributed by atoms with E-state index in [1.54, 1.807) is 0 Å². The first-order chi connectivity index (χ1) is 4.02. The minimum absolute atomic E-state index is 0.314. The van der Waals surface area contributed by atoms with Crippen LogP contribution in [0.5, 0.6) is 0 Å². The fourth-order valence-corrected chi connectivity index (χ4v) is 1.20. The fraction of sp³-hybridized carbons (Fsp3) is 0.250. The Kier molecular flexibility index (Phi) is 2.74. The molecule has 0 rings (SSSR count). The monoisotopic (exact) mass is 163 g/mol. The maximum absolute atomic E-state index is 10.5. The van der Waals surface area contributed by atoms with E-state index in [2.05, 4.69) is 12.6 Å². The summed E-state index contributed by atoms with van der Waals surface area (Å²) >= 11 is 3.53. The Morgan fingerprint density at radius 2 is 2.22 bits per heavy atom. The smallest absolute Gasteiger partial charge is 0.186 e. The molecule has 0 fully saturated rings. The number of sulfone groups is 1. The summed E-state index contributed by atoms with van der Waals surface area (Å²) in [4.78, 5) is -0.314. The molecule has 0 saturated heterocycles. The van der Waals surface area contributed by atoms with E-state index < -0.39 is 9.84 Å². The van der Waals surface area contributed by atoms with Crippen molar-refractivity contribution in [1.29, 1.82) is 5.26 Å². The molecule has 0 atom stereocenters. The lowest BCUT2D eigenvalue weighted by Gasteiger charge is -1.87. The lowest BCUT2D eigenvalue weighted by Crippen LogP contribution is -1.96. The summed E-state index contributed by atoms with van der Waals surface area (Å²) in [5.74, 6) is 0. The minimum atomic E-state index is -3.34. The van der Waals surface area contributed by atoms with Crippen LogP contribution in [-0.4, -0.2) is 14.7 Å². The highest BCUT2D eigenvalue weighted by Gasteiger charge is 2.07. The van der Waals surface area contributed by atoms with Gasteiger partial charge in [-0.2, -0.15) is 5.26 Å². The number of nitrogens with zero attached hydrogens (tertiary/aromatic N) is 1. The van der Waals surface area contributed by atoms with Gasteiger partial charge in [-0.1, -0.05) is 0 Å². The molecule has 0 spiro atoms. The number of rotatable bonds is 1. The number of thiol groups is 1. The van der Waals surface area contributed by atoms with Crippen LogP contribution in [0.2, 0.25) is 0 Å². The summed E-state index contributed by atoms with van der Waals surface area (Å²) in [5, 5.41) is 9.08. The van der Waals surface area contributed by atoms with Crippen molar-refractivity contribution < 1.29 is 8.42 Å². The van der Waals surface area contributed by atoms with Crippen molar-refractivity contribution in [2.24, 2.45) is 0 Å². The van der Waals surface area contributed by atoms with Crippen LogP contribution in [0.4, 0.5) is 0 Å². The molecule has 50 valence electrons. The van der Waals surface area contributed by atoms with Gasteiger partial charge < -0.3 is 0 Å². The van der Waals surface area contributed by atoms with Crippen LogP contribution in [0.15, 0.2) is 10.3 Å². The second-order valence-electron chi connectivity index (χ2n) is 1.38. The maximum Gasteiger partial charge on any atom is 0.186 e. The maximum atomic E-state index is 10.5. The van der Waals surface area contributed by atoms with Crippen LogP contribution in [0.1, 0.15) is 0 Å². The normalized spacial score (nSPS) is 12.8. The summed E-state index contributed by atoms with van der Waals surface area (Å²) in [6.07, 6.45) is 0.957. The zero-order chi connectivity index (χ0) is 7.49. The summed E-state index contributed by atoms with van der Waals surface area (Å²) in [6, 6.07) is 1.49. The quantitative estimate of drug-likeness (QED) is 0.447. The Hall–Kier alpha value is -0.470. The molecule has 0 aliphatic carbocycles. The van der Waals surface area contributed by atoms with Gasteiger partial charge in [0.1, 0.15) is 11.0 Å². The molecular weight excluding hydrogens is 158 g/mol. The average molecular weight is 163 g/mol. The zero-order valence-corrected chi connectivity index (χ0v) is 6.41. The predicted molar refractivity (Wildman–Crippen MR) is 37.5 cm³/mol. The number of hydrogen-bond donors (Lipinski definition) is 1. The Morgan fingerprint density at radius 1 is 1.78 bits per heavy atom. The molecule has 0 saturated carbocycles. The molecule has 0 unspecified atom stereocenters. The van der Waals surface area contributed by atoms with Gasteiger partial charge in [-0.3, -0.25) is 0 Å². The van der Waals surface area contributed by atoms with Crippen LogP contribution in [0.3, 0.4) is 0 Å². The summed E-state index contributed by atoms with van der Waals surface area (Å²) < 4.78 is 20.9. The van der Waals surface area contributed by atoms with Crippen LogP contribution in [0.25, 0.3) is 0 Å². The third-order valence-electron chi connectivity index (χ3n) is 0.627. The number of nitriles is 1. The molecule has 0 N–H and O–H groups in total. The van der Waals surface area contributed by atoms with Crippen molar-refractivity contribution in [1.82, 2.24) is 0 Å². The van der Waals surface area contributed by atoms with Gasteiger partial charge in [0.2, 0.25) is 0 Å². The van der Waals surface area contributed by atoms with Crippen LogP contribution in [-0.2, 0) is 9.84 Å². The van der Waals surface area contributed by atoms with E-state index in [1.165, 1.54) is 6.07 Å². The molecular formula is C4H5NO2S2. The van der Waals surface area contributed by atoms with Gasteiger partial charge >= 0.3 is 0 Å². The first-order valence-electron chi connectivity index (χ1n) is 1.97. The van der Waals surface area contributed by atoms with Crippen molar-refractivity contribution in [3.8, 4) is 6.07 Å². The highest BCUT2D eigenvalue weighted by molar-refractivity contribution is 7.95. The Labute approximate surface area is 59.3 Å². The zero-order valence-electron chi connectivity index (χ0n) is 4.70. The second-order valence-corrected chi connectivity index (χ2v) is 3.62. The molecule has 5 heteroatoms. The molecule has 9 heavy (non-hydrogen) atoms. The van der Waals surface area contributed by atoms with E-state index in [1.807, 2.05) is 0 Å². The molecule has 0 aliphatic rings. The van der Waals surface area contributed by atoms with E-state index >= 15 is 0 Å². The fourth-order valence-electron chi connectivity index (χ4n) is 0.208.